The van der Waals surface area contributed by atoms with Gasteiger partial charge in [-0.25, -0.2) is 0 Å². The minimum absolute atomic E-state index is 0.0622. The zero-order valence-electron chi connectivity index (χ0n) is 23.5. The van der Waals surface area contributed by atoms with Crippen LogP contribution in [0, 0.1) is 6.92 Å². The van der Waals surface area contributed by atoms with Crippen LogP contribution in [-0.4, -0.2) is 66.1 Å². The molecule has 0 aliphatic carbocycles. The van der Waals surface area contributed by atoms with E-state index in [-0.39, 0.29) is 18.1 Å². The fourth-order valence-electron chi connectivity index (χ4n) is 5.93. The molecule has 0 radical (unpaired) electrons. The number of aromatic nitrogens is 1. The highest BCUT2D eigenvalue weighted by atomic mass is 16.5. The summed E-state index contributed by atoms with van der Waals surface area (Å²) >= 11 is 0. The van der Waals surface area contributed by atoms with Gasteiger partial charge in [0, 0.05) is 82.1 Å². The Hall–Kier alpha value is -3.84. The lowest BCUT2D eigenvalue weighted by atomic mass is 10.0. The first kappa shape index (κ1) is 26.4. The number of ether oxygens (including phenoxy) is 1. The third-order valence-corrected chi connectivity index (χ3v) is 8.40. The fraction of sp³-hybridized carbons (Fsp3) is 0.394. The minimum Gasteiger partial charge on any atom is -0.490 e. The summed E-state index contributed by atoms with van der Waals surface area (Å²) in [6.07, 6.45) is 7.77. The third-order valence-electron chi connectivity index (χ3n) is 8.40. The van der Waals surface area contributed by atoms with Crippen molar-refractivity contribution in [3.63, 3.8) is 0 Å². The number of aryl methyl sites for hydroxylation is 1. The summed E-state index contributed by atoms with van der Waals surface area (Å²) in [5, 5.41) is 0.901. The summed E-state index contributed by atoms with van der Waals surface area (Å²) < 4.78 is 12.3. The number of carbonyl (C=O) groups excluding carboxylic acids is 1. The molecule has 7 heteroatoms. The Kier molecular flexibility index (Phi) is 7.73. The number of anilines is 1. The predicted molar refractivity (Wildman–Crippen MR) is 158 cm³/mol. The number of carbonyl (C=O) groups is 1. The number of hydrogen-bond donors (Lipinski definition) is 0. The second-order valence-corrected chi connectivity index (χ2v) is 11.2. The topological polar surface area (TPSA) is 62.1 Å². The molecule has 0 bridgehead atoms. The molecule has 4 heterocycles. The molecule has 2 fully saturated rings. The van der Waals surface area contributed by atoms with Crippen molar-refractivity contribution >= 4 is 22.6 Å². The van der Waals surface area contributed by atoms with Crippen molar-refractivity contribution in [3.05, 3.63) is 89.9 Å². The van der Waals surface area contributed by atoms with Crippen LogP contribution < -0.4 is 9.64 Å². The maximum Gasteiger partial charge on any atom is 0.289 e. The second-order valence-electron chi connectivity index (χ2n) is 11.2. The van der Waals surface area contributed by atoms with Gasteiger partial charge in [0.25, 0.3) is 5.91 Å². The number of likely N-dealkylation sites (tertiary alicyclic amines) is 1. The van der Waals surface area contributed by atoms with Crippen LogP contribution in [0.2, 0.25) is 0 Å². The van der Waals surface area contributed by atoms with Gasteiger partial charge in [-0.3, -0.25) is 14.7 Å². The molecule has 0 spiro atoms. The molecule has 2 aliphatic rings. The van der Waals surface area contributed by atoms with Crippen LogP contribution in [-0.2, 0) is 6.54 Å². The fourth-order valence-corrected chi connectivity index (χ4v) is 5.93. The Morgan fingerprint density at radius 3 is 2.50 bits per heavy atom. The van der Waals surface area contributed by atoms with Crippen LogP contribution in [0.1, 0.15) is 47.4 Å². The van der Waals surface area contributed by atoms with Gasteiger partial charge in [0.15, 0.2) is 5.76 Å². The summed E-state index contributed by atoms with van der Waals surface area (Å²) in [7, 11) is 1.90. The molecular weight excluding hydrogens is 500 g/mol. The average Bonchev–Trinajstić information content (AvgIpc) is 3.42. The first-order chi connectivity index (χ1) is 19.5. The van der Waals surface area contributed by atoms with E-state index in [1.165, 1.54) is 16.8 Å². The zero-order chi connectivity index (χ0) is 27.5. The smallest absolute Gasteiger partial charge is 0.289 e. The standard InChI is InChI=1S/C33H38N4O3/c1-24-5-7-28(8-6-24)37-18-13-29(14-19-37)39-30-9-10-31-26(20-30)21-32(40-31)33(38)35(2)27-11-16-36(17-12-27)23-25-4-3-15-34-22-25/h3-10,15,20-22,27,29H,11-14,16-19,23H2,1-2H3. The van der Waals surface area contributed by atoms with E-state index < -0.39 is 0 Å². The van der Waals surface area contributed by atoms with Crippen LogP contribution >= 0.6 is 0 Å². The van der Waals surface area contributed by atoms with Gasteiger partial charge in [0.2, 0.25) is 0 Å². The van der Waals surface area contributed by atoms with E-state index in [0.717, 1.165) is 69.5 Å². The minimum atomic E-state index is -0.0622. The normalized spacial score (nSPS) is 17.3. The molecule has 6 rings (SSSR count). The highest BCUT2D eigenvalue weighted by molar-refractivity contribution is 5.96. The van der Waals surface area contributed by atoms with Crippen molar-refractivity contribution in [2.45, 2.75) is 51.3 Å². The number of rotatable bonds is 7. The Morgan fingerprint density at radius 2 is 1.77 bits per heavy atom. The van der Waals surface area contributed by atoms with Crippen molar-refractivity contribution in [1.82, 2.24) is 14.8 Å². The molecule has 0 atom stereocenters. The Balaban J connectivity index is 1.03. The number of nitrogens with zero attached hydrogens (tertiary/aromatic N) is 4. The number of benzene rings is 2. The zero-order valence-corrected chi connectivity index (χ0v) is 23.5. The summed E-state index contributed by atoms with van der Waals surface area (Å²) in [4.78, 5) is 24.3. The van der Waals surface area contributed by atoms with Gasteiger partial charge in [-0.15, -0.1) is 0 Å². The highest BCUT2D eigenvalue weighted by Gasteiger charge is 2.28. The summed E-state index contributed by atoms with van der Waals surface area (Å²) in [5.41, 5.74) is 4.50. The molecule has 4 aromatic rings. The summed E-state index contributed by atoms with van der Waals surface area (Å²) in [6.45, 7) is 6.90. The van der Waals surface area contributed by atoms with Gasteiger partial charge in [-0.1, -0.05) is 23.8 Å². The van der Waals surface area contributed by atoms with E-state index in [1.54, 1.807) is 6.20 Å². The number of piperidine rings is 2. The average molecular weight is 539 g/mol. The SMILES string of the molecule is Cc1ccc(N2CCC(Oc3ccc4oc(C(=O)N(C)C5CCN(Cc6cccnc6)CC5)cc4c3)CC2)cc1. The molecule has 2 saturated heterocycles. The molecule has 0 unspecified atom stereocenters. The first-order valence-corrected chi connectivity index (χ1v) is 14.4. The van der Waals surface area contributed by atoms with Crippen LogP contribution in [0.25, 0.3) is 11.0 Å². The lowest BCUT2D eigenvalue weighted by Crippen LogP contribution is -2.45. The molecule has 0 N–H and O–H groups in total. The molecular formula is C33H38N4O3. The van der Waals surface area contributed by atoms with Gasteiger partial charge in [0.05, 0.1) is 0 Å². The molecule has 2 aliphatic heterocycles. The summed E-state index contributed by atoms with van der Waals surface area (Å²) in [5.74, 6) is 1.15. The van der Waals surface area contributed by atoms with Crippen molar-refractivity contribution in [2.24, 2.45) is 0 Å². The van der Waals surface area contributed by atoms with Crippen molar-refractivity contribution < 1.29 is 13.9 Å². The maximum absolute atomic E-state index is 13.3. The van der Waals surface area contributed by atoms with Gasteiger partial charge in [-0.05, 0) is 67.8 Å². The maximum atomic E-state index is 13.3. The molecule has 2 aromatic carbocycles. The largest absolute Gasteiger partial charge is 0.490 e. The van der Waals surface area contributed by atoms with Gasteiger partial charge < -0.3 is 19.0 Å². The van der Waals surface area contributed by atoms with Crippen molar-refractivity contribution in [2.75, 3.05) is 38.1 Å². The molecule has 1 amide bonds. The van der Waals surface area contributed by atoms with Crippen LogP contribution in [0.3, 0.4) is 0 Å². The van der Waals surface area contributed by atoms with E-state index in [9.17, 15) is 4.79 Å². The van der Waals surface area contributed by atoms with E-state index in [2.05, 4.69) is 52.0 Å². The van der Waals surface area contributed by atoms with Crippen molar-refractivity contribution in [3.8, 4) is 5.75 Å². The number of fused-ring (bicyclic) bond motifs is 1. The number of hydrogen-bond acceptors (Lipinski definition) is 6. The molecule has 7 nitrogen and oxygen atoms in total. The van der Waals surface area contributed by atoms with E-state index >= 15 is 0 Å². The Morgan fingerprint density at radius 1 is 1.00 bits per heavy atom. The molecule has 208 valence electrons. The molecule has 40 heavy (non-hydrogen) atoms. The quantitative estimate of drug-likeness (QED) is 0.291. The van der Waals surface area contributed by atoms with E-state index in [0.29, 0.717) is 11.3 Å². The summed E-state index contributed by atoms with van der Waals surface area (Å²) in [6, 6.07) is 20.8. The molecule has 0 saturated carbocycles. The van der Waals surface area contributed by atoms with Crippen molar-refractivity contribution in [1.29, 1.82) is 0 Å². The van der Waals surface area contributed by atoms with Crippen LogP contribution in [0.15, 0.2) is 77.5 Å². The number of pyridine rings is 1. The number of amides is 1. The Bertz CT molecular complexity index is 1420. The lowest BCUT2D eigenvalue weighted by Gasteiger charge is -2.36. The third kappa shape index (κ3) is 5.99. The lowest BCUT2D eigenvalue weighted by molar-refractivity contribution is 0.0608. The van der Waals surface area contributed by atoms with Crippen LogP contribution in [0.4, 0.5) is 5.69 Å². The van der Waals surface area contributed by atoms with Gasteiger partial charge in [0.1, 0.15) is 17.4 Å². The predicted octanol–water partition coefficient (Wildman–Crippen LogP) is 5.92. The van der Waals surface area contributed by atoms with Gasteiger partial charge in [-0.2, -0.15) is 0 Å². The monoisotopic (exact) mass is 538 g/mol. The van der Waals surface area contributed by atoms with Crippen LogP contribution in [0.5, 0.6) is 5.75 Å². The molecule has 2 aromatic heterocycles. The number of furan rings is 1. The van der Waals surface area contributed by atoms with Gasteiger partial charge >= 0.3 is 0 Å². The second kappa shape index (κ2) is 11.7. The van der Waals surface area contributed by atoms with E-state index in [1.807, 2.05) is 48.5 Å². The first-order valence-electron chi connectivity index (χ1n) is 14.4. The Labute approximate surface area is 236 Å². The highest BCUT2D eigenvalue weighted by Crippen LogP contribution is 2.29. The van der Waals surface area contributed by atoms with E-state index in [4.69, 9.17) is 9.15 Å².